The minimum Gasteiger partial charge on any atom is -0.441 e. The van der Waals surface area contributed by atoms with Gasteiger partial charge in [-0.2, -0.15) is 0 Å². The van der Waals surface area contributed by atoms with Crippen molar-refractivity contribution >= 4 is 5.91 Å². The van der Waals surface area contributed by atoms with Gasteiger partial charge >= 0.3 is 0 Å². The van der Waals surface area contributed by atoms with Gasteiger partial charge in [0.2, 0.25) is 11.8 Å². The molecule has 4 nitrogen and oxygen atoms in total. The van der Waals surface area contributed by atoms with Crippen LogP contribution in [0.25, 0.3) is 11.5 Å². The van der Waals surface area contributed by atoms with Gasteiger partial charge in [-0.25, -0.2) is 9.37 Å². The number of aromatic nitrogens is 1. The van der Waals surface area contributed by atoms with Crippen LogP contribution in [-0.2, 0) is 11.2 Å². The highest BCUT2D eigenvalue weighted by Crippen LogP contribution is 2.24. The second-order valence-electron chi connectivity index (χ2n) is 6.26. The van der Waals surface area contributed by atoms with Crippen molar-refractivity contribution < 1.29 is 13.6 Å². The number of rotatable bonds is 4. The number of benzene rings is 1. The molecule has 0 saturated heterocycles. The molecular weight excluding hydrogens is 283 g/mol. The molecular formula is C17H21FN2O2. The van der Waals surface area contributed by atoms with Crippen LogP contribution >= 0.6 is 0 Å². The van der Waals surface area contributed by atoms with Crippen LogP contribution < -0.4 is 5.32 Å². The van der Waals surface area contributed by atoms with E-state index in [-0.39, 0.29) is 17.6 Å². The van der Waals surface area contributed by atoms with E-state index in [0.717, 1.165) is 5.69 Å². The normalized spacial score (nSPS) is 11.5. The lowest BCUT2D eigenvalue weighted by Crippen LogP contribution is -2.36. The Labute approximate surface area is 129 Å². The molecule has 1 N–H and O–H groups in total. The van der Waals surface area contributed by atoms with E-state index in [2.05, 4.69) is 10.3 Å². The van der Waals surface area contributed by atoms with E-state index in [1.54, 1.807) is 25.1 Å². The average Bonchev–Trinajstić information content (AvgIpc) is 2.79. The molecule has 0 aliphatic carbocycles. The largest absolute Gasteiger partial charge is 0.441 e. The number of aryl methyl sites for hydroxylation is 1. The molecule has 0 fully saturated rings. The molecule has 1 aromatic carbocycles. The maximum atomic E-state index is 13.7. The number of nitrogens with zero attached hydrogens (tertiary/aromatic N) is 1. The number of nitrogens with one attached hydrogen (secondary N) is 1. The van der Waals surface area contributed by atoms with Crippen molar-refractivity contribution in [1.29, 1.82) is 0 Å². The third-order valence-electron chi connectivity index (χ3n) is 3.33. The summed E-state index contributed by atoms with van der Waals surface area (Å²) in [5.41, 5.74) is 0.653. The Hall–Kier alpha value is -2.17. The van der Waals surface area contributed by atoms with Crippen LogP contribution in [0.4, 0.5) is 4.39 Å². The Morgan fingerprint density at radius 2 is 2.00 bits per heavy atom. The molecule has 1 aromatic heterocycles. The van der Waals surface area contributed by atoms with Crippen molar-refractivity contribution in [2.45, 2.75) is 34.1 Å². The standard InChI is InChI=1S/C17H21FN2O2/c1-11-14(9-10-19-16(21)17(2,3)4)20-15(22-11)12-7-5-6-8-13(12)18/h5-8H,9-10H2,1-4H3,(H,19,21). The van der Waals surface area contributed by atoms with Gasteiger partial charge in [0.25, 0.3) is 0 Å². The lowest BCUT2D eigenvalue weighted by Gasteiger charge is -2.17. The summed E-state index contributed by atoms with van der Waals surface area (Å²) in [6, 6.07) is 6.36. The highest BCUT2D eigenvalue weighted by atomic mass is 19.1. The molecule has 0 bridgehead atoms. The van der Waals surface area contributed by atoms with Gasteiger partial charge in [0.15, 0.2) is 0 Å². The molecule has 118 valence electrons. The Balaban J connectivity index is 2.05. The molecule has 0 aliphatic rings. The van der Waals surface area contributed by atoms with E-state index in [9.17, 15) is 9.18 Å². The maximum Gasteiger partial charge on any atom is 0.229 e. The van der Waals surface area contributed by atoms with Crippen LogP contribution in [0.2, 0.25) is 0 Å². The summed E-state index contributed by atoms with van der Waals surface area (Å²) in [7, 11) is 0. The van der Waals surface area contributed by atoms with Crippen LogP contribution in [0.5, 0.6) is 0 Å². The summed E-state index contributed by atoms with van der Waals surface area (Å²) in [4.78, 5) is 16.1. The molecule has 0 unspecified atom stereocenters. The lowest BCUT2D eigenvalue weighted by molar-refractivity contribution is -0.128. The van der Waals surface area contributed by atoms with E-state index in [4.69, 9.17) is 4.42 Å². The topological polar surface area (TPSA) is 55.1 Å². The Kier molecular flexibility index (Phi) is 4.64. The first kappa shape index (κ1) is 16.2. The SMILES string of the molecule is Cc1oc(-c2ccccc2F)nc1CCNC(=O)C(C)(C)C. The van der Waals surface area contributed by atoms with E-state index in [1.165, 1.54) is 6.07 Å². The smallest absolute Gasteiger partial charge is 0.229 e. The zero-order valence-electron chi connectivity index (χ0n) is 13.4. The second-order valence-corrected chi connectivity index (χ2v) is 6.26. The van der Waals surface area contributed by atoms with Crippen LogP contribution in [0.3, 0.4) is 0 Å². The van der Waals surface area contributed by atoms with Crippen LogP contribution in [0, 0.1) is 18.2 Å². The van der Waals surface area contributed by atoms with Gasteiger partial charge in [0.05, 0.1) is 11.3 Å². The number of hydrogen-bond acceptors (Lipinski definition) is 3. The molecule has 2 rings (SSSR count). The van der Waals surface area contributed by atoms with Crippen molar-refractivity contribution in [3.8, 4) is 11.5 Å². The molecule has 2 aromatic rings. The van der Waals surface area contributed by atoms with Gasteiger partial charge in [0, 0.05) is 18.4 Å². The van der Waals surface area contributed by atoms with Gasteiger partial charge in [-0.05, 0) is 19.1 Å². The van der Waals surface area contributed by atoms with Crippen molar-refractivity contribution in [2.75, 3.05) is 6.54 Å². The number of hydrogen-bond donors (Lipinski definition) is 1. The number of oxazole rings is 1. The summed E-state index contributed by atoms with van der Waals surface area (Å²) in [6.45, 7) is 7.85. The summed E-state index contributed by atoms with van der Waals surface area (Å²) in [5.74, 6) is 0.537. The fourth-order valence-electron chi connectivity index (χ4n) is 1.97. The van der Waals surface area contributed by atoms with Gasteiger partial charge in [-0.3, -0.25) is 4.79 Å². The van der Waals surface area contributed by atoms with Gasteiger partial charge < -0.3 is 9.73 Å². The first-order valence-electron chi connectivity index (χ1n) is 7.28. The highest BCUT2D eigenvalue weighted by molar-refractivity contribution is 5.81. The van der Waals surface area contributed by atoms with Crippen LogP contribution in [0.15, 0.2) is 28.7 Å². The van der Waals surface area contributed by atoms with Crippen molar-refractivity contribution in [2.24, 2.45) is 5.41 Å². The zero-order valence-corrected chi connectivity index (χ0v) is 13.4. The van der Waals surface area contributed by atoms with E-state index >= 15 is 0 Å². The molecule has 0 saturated carbocycles. The first-order valence-corrected chi connectivity index (χ1v) is 7.28. The predicted octanol–water partition coefficient (Wildman–Crippen LogP) is 3.49. The van der Waals surface area contributed by atoms with Gasteiger partial charge in [0.1, 0.15) is 11.6 Å². The highest BCUT2D eigenvalue weighted by Gasteiger charge is 2.21. The first-order chi connectivity index (χ1) is 10.3. The molecule has 0 atom stereocenters. The minimum absolute atomic E-state index is 0.0111. The quantitative estimate of drug-likeness (QED) is 0.940. The summed E-state index contributed by atoms with van der Waals surface area (Å²) in [5, 5.41) is 2.86. The van der Waals surface area contributed by atoms with Crippen LogP contribution in [0.1, 0.15) is 32.2 Å². The molecule has 0 aliphatic heterocycles. The molecule has 5 heteroatoms. The Morgan fingerprint density at radius 1 is 1.32 bits per heavy atom. The maximum absolute atomic E-state index is 13.7. The van der Waals surface area contributed by atoms with Gasteiger partial charge in [-0.1, -0.05) is 32.9 Å². The second kappa shape index (κ2) is 6.30. The number of amides is 1. The molecule has 1 amide bonds. The molecule has 1 heterocycles. The third-order valence-corrected chi connectivity index (χ3v) is 3.33. The minimum atomic E-state index is -0.419. The van der Waals surface area contributed by atoms with Crippen LogP contribution in [-0.4, -0.2) is 17.4 Å². The number of carbonyl (C=O) groups is 1. The van der Waals surface area contributed by atoms with E-state index in [0.29, 0.717) is 24.3 Å². The van der Waals surface area contributed by atoms with E-state index < -0.39 is 5.41 Å². The van der Waals surface area contributed by atoms with Crippen molar-refractivity contribution in [3.63, 3.8) is 0 Å². The van der Waals surface area contributed by atoms with Crippen molar-refractivity contribution in [3.05, 3.63) is 41.5 Å². The van der Waals surface area contributed by atoms with Crippen molar-refractivity contribution in [1.82, 2.24) is 10.3 Å². The van der Waals surface area contributed by atoms with Gasteiger partial charge in [-0.15, -0.1) is 0 Å². The molecule has 0 radical (unpaired) electrons. The Bertz CT molecular complexity index is 672. The number of carbonyl (C=O) groups excluding carboxylic acids is 1. The van der Waals surface area contributed by atoms with E-state index in [1.807, 2.05) is 20.8 Å². The molecule has 22 heavy (non-hydrogen) atoms. The third kappa shape index (κ3) is 3.72. The fourth-order valence-corrected chi connectivity index (χ4v) is 1.97. The molecule has 0 spiro atoms. The number of halogens is 1. The summed E-state index contributed by atoms with van der Waals surface area (Å²) >= 11 is 0. The monoisotopic (exact) mass is 304 g/mol. The lowest BCUT2D eigenvalue weighted by atomic mass is 9.96. The average molecular weight is 304 g/mol. The Morgan fingerprint density at radius 3 is 2.64 bits per heavy atom. The predicted molar refractivity (Wildman–Crippen MR) is 82.8 cm³/mol. The summed E-state index contributed by atoms with van der Waals surface area (Å²) in [6.07, 6.45) is 0.547. The summed E-state index contributed by atoms with van der Waals surface area (Å²) < 4.78 is 19.3. The fraction of sp³-hybridized carbons (Fsp3) is 0.412. The zero-order chi connectivity index (χ0) is 16.3.